The molecule has 1 atom stereocenters. The molecule has 3 aromatic rings. The second kappa shape index (κ2) is 12.2. The van der Waals surface area contributed by atoms with E-state index < -0.39 is 0 Å². The standard InChI is InChI=1S/C28H34N2O3/c1-3-22(23-12-13-26(28(31)32-2)24(16-23)17-29)11-9-20-10-14-27(25(15-20)18-30)33-19-21-7-5-4-6-8-21/h4-8,10,12-16,22H,3,9,11,17-19,29-30H2,1-2H3. The number of esters is 1. The van der Waals surface area contributed by atoms with Gasteiger partial charge in [-0.3, -0.25) is 0 Å². The van der Waals surface area contributed by atoms with Crippen molar-refractivity contribution in [2.75, 3.05) is 7.11 Å². The molecule has 5 heteroatoms. The average Bonchev–Trinajstić information content (AvgIpc) is 2.88. The summed E-state index contributed by atoms with van der Waals surface area (Å²) < 4.78 is 10.9. The molecule has 0 heterocycles. The number of ether oxygens (including phenoxy) is 2. The molecule has 0 spiro atoms. The topological polar surface area (TPSA) is 87.6 Å². The molecular weight excluding hydrogens is 412 g/mol. The van der Waals surface area contributed by atoms with Gasteiger partial charge in [0, 0.05) is 18.7 Å². The van der Waals surface area contributed by atoms with Gasteiger partial charge in [0.1, 0.15) is 12.4 Å². The van der Waals surface area contributed by atoms with Crippen LogP contribution in [0.2, 0.25) is 0 Å². The maximum atomic E-state index is 12.0. The zero-order valence-electron chi connectivity index (χ0n) is 19.6. The van der Waals surface area contributed by atoms with Gasteiger partial charge in [0.2, 0.25) is 0 Å². The van der Waals surface area contributed by atoms with E-state index in [4.69, 9.17) is 20.9 Å². The molecule has 1 unspecified atom stereocenters. The molecular formula is C28H34N2O3. The lowest BCUT2D eigenvalue weighted by Crippen LogP contribution is -2.11. The van der Waals surface area contributed by atoms with Gasteiger partial charge in [0.05, 0.1) is 12.7 Å². The van der Waals surface area contributed by atoms with Gasteiger partial charge in [0.15, 0.2) is 0 Å². The highest BCUT2D eigenvalue weighted by Crippen LogP contribution is 2.29. The fourth-order valence-electron chi connectivity index (χ4n) is 4.12. The number of rotatable bonds is 11. The van der Waals surface area contributed by atoms with Crippen LogP contribution in [0, 0.1) is 0 Å². The zero-order valence-corrected chi connectivity index (χ0v) is 19.6. The predicted molar refractivity (Wildman–Crippen MR) is 132 cm³/mol. The van der Waals surface area contributed by atoms with E-state index >= 15 is 0 Å². The normalized spacial score (nSPS) is 11.8. The van der Waals surface area contributed by atoms with Crippen molar-refractivity contribution in [3.8, 4) is 5.75 Å². The Morgan fingerprint density at radius 1 is 0.909 bits per heavy atom. The summed E-state index contributed by atoms with van der Waals surface area (Å²) in [5.74, 6) is 0.861. The van der Waals surface area contributed by atoms with Gasteiger partial charge in [-0.25, -0.2) is 4.79 Å². The van der Waals surface area contributed by atoms with Crippen LogP contribution >= 0.6 is 0 Å². The van der Waals surface area contributed by atoms with Gasteiger partial charge in [-0.15, -0.1) is 0 Å². The van der Waals surface area contributed by atoms with Crippen molar-refractivity contribution in [1.29, 1.82) is 0 Å². The molecule has 174 valence electrons. The Morgan fingerprint density at radius 2 is 1.67 bits per heavy atom. The van der Waals surface area contributed by atoms with Crippen molar-refractivity contribution in [3.05, 3.63) is 100 Å². The van der Waals surface area contributed by atoms with E-state index in [1.807, 2.05) is 42.5 Å². The van der Waals surface area contributed by atoms with Gasteiger partial charge < -0.3 is 20.9 Å². The minimum Gasteiger partial charge on any atom is -0.489 e. The van der Waals surface area contributed by atoms with Gasteiger partial charge in [-0.2, -0.15) is 0 Å². The average molecular weight is 447 g/mol. The molecule has 33 heavy (non-hydrogen) atoms. The first-order valence-corrected chi connectivity index (χ1v) is 11.5. The molecule has 0 fully saturated rings. The van der Waals surface area contributed by atoms with Crippen molar-refractivity contribution in [2.24, 2.45) is 11.5 Å². The highest BCUT2D eigenvalue weighted by molar-refractivity contribution is 5.91. The quantitative estimate of drug-likeness (QED) is 0.400. The summed E-state index contributed by atoms with van der Waals surface area (Å²) in [5, 5.41) is 0. The highest BCUT2D eigenvalue weighted by Gasteiger charge is 2.16. The molecule has 0 aromatic heterocycles. The SMILES string of the molecule is CCC(CCc1ccc(OCc2ccccc2)c(CN)c1)c1ccc(C(=O)OC)c(CN)c1. The van der Waals surface area contributed by atoms with Gasteiger partial charge in [-0.1, -0.05) is 61.5 Å². The smallest absolute Gasteiger partial charge is 0.338 e. The number of methoxy groups -OCH3 is 1. The first kappa shape index (κ1) is 24.5. The number of carbonyl (C=O) groups is 1. The molecule has 0 aliphatic heterocycles. The first-order valence-electron chi connectivity index (χ1n) is 11.5. The third-order valence-electron chi connectivity index (χ3n) is 6.08. The van der Waals surface area contributed by atoms with Crippen LogP contribution in [0.4, 0.5) is 0 Å². The van der Waals surface area contributed by atoms with E-state index in [1.165, 1.54) is 18.2 Å². The minimum absolute atomic E-state index is 0.305. The van der Waals surface area contributed by atoms with Crippen molar-refractivity contribution >= 4 is 5.97 Å². The lowest BCUT2D eigenvalue weighted by atomic mass is 9.88. The van der Waals surface area contributed by atoms with Crippen LogP contribution in [-0.2, 0) is 30.9 Å². The van der Waals surface area contributed by atoms with Crippen molar-refractivity contribution in [1.82, 2.24) is 0 Å². The first-order chi connectivity index (χ1) is 16.1. The lowest BCUT2D eigenvalue weighted by Gasteiger charge is -2.18. The largest absolute Gasteiger partial charge is 0.489 e. The maximum absolute atomic E-state index is 12.0. The summed E-state index contributed by atoms with van der Waals surface area (Å²) >= 11 is 0. The number of nitrogens with two attached hydrogens (primary N) is 2. The molecule has 0 radical (unpaired) electrons. The van der Waals surface area contributed by atoms with Crippen molar-refractivity contribution in [2.45, 2.75) is 51.8 Å². The van der Waals surface area contributed by atoms with E-state index in [0.717, 1.165) is 41.7 Å². The maximum Gasteiger partial charge on any atom is 0.338 e. The molecule has 0 amide bonds. The monoisotopic (exact) mass is 446 g/mol. The van der Waals surface area contributed by atoms with Gasteiger partial charge in [0.25, 0.3) is 0 Å². The fraction of sp³-hybridized carbons (Fsp3) is 0.321. The minimum atomic E-state index is -0.348. The van der Waals surface area contributed by atoms with Crippen LogP contribution in [0.5, 0.6) is 5.75 Å². The Balaban J connectivity index is 1.68. The van der Waals surface area contributed by atoms with E-state index in [0.29, 0.717) is 31.2 Å². The molecule has 0 aliphatic rings. The third kappa shape index (κ3) is 6.44. The van der Waals surface area contributed by atoms with Gasteiger partial charge >= 0.3 is 5.97 Å². The van der Waals surface area contributed by atoms with Gasteiger partial charge in [-0.05, 0) is 59.6 Å². The van der Waals surface area contributed by atoms with Crippen LogP contribution in [0.25, 0.3) is 0 Å². The van der Waals surface area contributed by atoms with Crippen LogP contribution in [-0.4, -0.2) is 13.1 Å². The second-order valence-corrected chi connectivity index (χ2v) is 8.18. The van der Waals surface area contributed by atoms with E-state index in [1.54, 1.807) is 0 Å². The van der Waals surface area contributed by atoms with Crippen LogP contribution in [0.1, 0.15) is 63.9 Å². The molecule has 4 N–H and O–H groups in total. The molecule has 3 rings (SSSR count). The summed E-state index contributed by atoms with van der Waals surface area (Å²) in [5.41, 5.74) is 17.9. The van der Waals surface area contributed by atoms with Crippen LogP contribution < -0.4 is 16.2 Å². The Kier molecular flexibility index (Phi) is 9.04. The summed E-state index contributed by atoms with van der Waals surface area (Å²) in [7, 11) is 1.39. The molecule has 0 saturated carbocycles. The van der Waals surface area contributed by atoms with Crippen molar-refractivity contribution < 1.29 is 14.3 Å². The van der Waals surface area contributed by atoms with Crippen LogP contribution in [0.15, 0.2) is 66.7 Å². The fourth-order valence-corrected chi connectivity index (χ4v) is 4.12. The number of hydrogen-bond donors (Lipinski definition) is 2. The Labute approximate surface area is 196 Å². The number of hydrogen-bond acceptors (Lipinski definition) is 5. The van der Waals surface area contributed by atoms with E-state index in [2.05, 4.69) is 31.2 Å². The molecule has 0 saturated heterocycles. The Morgan fingerprint density at radius 3 is 2.33 bits per heavy atom. The summed E-state index contributed by atoms with van der Waals surface area (Å²) in [6, 6.07) is 22.3. The zero-order chi connectivity index (χ0) is 23.6. The molecule has 0 aliphatic carbocycles. The second-order valence-electron chi connectivity index (χ2n) is 8.18. The summed E-state index contributed by atoms with van der Waals surface area (Å²) in [6.07, 6.45) is 2.93. The summed E-state index contributed by atoms with van der Waals surface area (Å²) in [6.45, 7) is 3.45. The lowest BCUT2D eigenvalue weighted by molar-refractivity contribution is 0.0599. The number of aryl methyl sites for hydroxylation is 1. The third-order valence-corrected chi connectivity index (χ3v) is 6.08. The molecule has 5 nitrogen and oxygen atoms in total. The van der Waals surface area contributed by atoms with E-state index in [-0.39, 0.29) is 5.97 Å². The highest BCUT2D eigenvalue weighted by atomic mass is 16.5. The Bertz CT molecular complexity index is 1050. The summed E-state index contributed by atoms with van der Waals surface area (Å²) in [4.78, 5) is 12.0. The predicted octanol–water partition coefficient (Wildman–Crippen LogP) is 5.10. The van der Waals surface area contributed by atoms with Crippen LogP contribution in [0.3, 0.4) is 0 Å². The molecule has 0 bridgehead atoms. The number of benzene rings is 3. The number of carbonyl (C=O) groups excluding carboxylic acids is 1. The molecule has 3 aromatic carbocycles. The van der Waals surface area contributed by atoms with E-state index in [9.17, 15) is 4.79 Å². The van der Waals surface area contributed by atoms with Crippen molar-refractivity contribution in [3.63, 3.8) is 0 Å². The Hall–Kier alpha value is -3.15.